The number of nitrogen functional groups attached to an aromatic ring is 1. The molecule has 0 spiro atoms. The van der Waals surface area contributed by atoms with Gasteiger partial charge >= 0.3 is 6.61 Å². The number of ether oxygens (including phenoxy) is 1. The van der Waals surface area contributed by atoms with Gasteiger partial charge in [0.25, 0.3) is 17.7 Å². The molecular formula is C19H15F2N5O4. The number of aromatic nitrogens is 3. The summed E-state index contributed by atoms with van der Waals surface area (Å²) in [5.41, 5.74) is 7.22. The molecule has 0 aliphatic carbocycles. The SMILES string of the molecule is Cc1noc(-c2nc(C)c3c(c2N)C(=O)N(Cc2ccc(OC(F)F)cc2)C3=O)n1. The summed E-state index contributed by atoms with van der Waals surface area (Å²) >= 11 is 0. The highest BCUT2D eigenvalue weighted by Gasteiger charge is 2.40. The Kier molecular flexibility index (Phi) is 4.65. The molecule has 1 aliphatic rings. The summed E-state index contributed by atoms with van der Waals surface area (Å²) in [6.45, 7) is 0.186. The number of benzene rings is 1. The number of imide groups is 1. The van der Waals surface area contributed by atoms with Crippen LogP contribution in [0.15, 0.2) is 28.8 Å². The number of carbonyl (C=O) groups excluding carboxylic acids is 2. The first-order valence-corrected chi connectivity index (χ1v) is 8.77. The van der Waals surface area contributed by atoms with Crippen LogP contribution in [0.4, 0.5) is 14.5 Å². The van der Waals surface area contributed by atoms with Crippen molar-refractivity contribution in [2.45, 2.75) is 27.0 Å². The minimum atomic E-state index is -2.94. The fourth-order valence-corrected chi connectivity index (χ4v) is 3.22. The molecule has 30 heavy (non-hydrogen) atoms. The minimum Gasteiger partial charge on any atom is -0.435 e. The molecule has 2 N–H and O–H groups in total. The highest BCUT2D eigenvalue weighted by Crippen LogP contribution is 2.36. The van der Waals surface area contributed by atoms with E-state index in [2.05, 4.69) is 19.9 Å². The second-order valence-electron chi connectivity index (χ2n) is 6.58. The van der Waals surface area contributed by atoms with Gasteiger partial charge in [0.2, 0.25) is 0 Å². The monoisotopic (exact) mass is 415 g/mol. The maximum atomic E-state index is 13.0. The van der Waals surface area contributed by atoms with Gasteiger partial charge in [0.15, 0.2) is 11.5 Å². The largest absolute Gasteiger partial charge is 0.435 e. The molecule has 0 saturated heterocycles. The van der Waals surface area contributed by atoms with Crippen molar-refractivity contribution in [2.75, 3.05) is 5.73 Å². The van der Waals surface area contributed by atoms with Crippen LogP contribution in [-0.4, -0.2) is 38.5 Å². The Morgan fingerprint density at radius 3 is 2.37 bits per heavy atom. The van der Waals surface area contributed by atoms with E-state index in [1.807, 2.05) is 0 Å². The fraction of sp³-hybridized carbons (Fsp3) is 0.211. The topological polar surface area (TPSA) is 124 Å². The summed E-state index contributed by atoms with van der Waals surface area (Å²) in [6, 6.07) is 5.64. The molecule has 9 nitrogen and oxygen atoms in total. The van der Waals surface area contributed by atoms with Gasteiger partial charge < -0.3 is 15.0 Å². The first-order valence-electron chi connectivity index (χ1n) is 8.77. The standard InChI is InChI=1S/C19H15F2N5O4/c1-8-12-13(14(22)15(23-8)16-24-9(2)25-30-16)18(28)26(17(12)27)7-10-3-5-11(6-4-10)29-19(20)21/h3-6,19H,7,22H2,1-2H3. The molecule has 1 aromatic carbocycles. The van der Waals surface area contributed by atoms with Gasteiger partial charge in [-0.25, -0.2) is 4.98 Å². The summed E-state index contributed by atoms with van der Waals surface area (Å²) in [4.78, 5) is 35.2. The van der Waals surface area contributed by atoms with E-state index in [-0.39, 0.29) is 40.7 Å². The third-order valence-electron chi connectivity index (χ3n) is 4.55. The summed E-state index contributed by atoms with van der Waals surface area (Å²) in [5, 5.41) is 3.69. The lowest BCUT2D eigenvalue weighted by Crippen LogP contribution is -2.29. The molecule has 3 heterocycles. The number of alkyl halides is 2. The van der Waals surface area contributed by atoms with Gasteiger partial charge in [0.05, 0.1) is 29.1 Å². The van der Waals surface area contributed by atoms with Crippen molar-refractivity contribution in [3.63, 3.8) is 0 Å². The predicted octanol–water partition coefficient (Wildman–Crippen LogP) is 2.73. The number of hydrogen-bond acceptors (Lipinski definition) is 8. The molecule has 0 atom stereocenters. The average Bonchev–Trinajstić information content (AvgIpc) is 3.22. The lowest BCUT2D eigenvalue weighted by molar-refractivity contribution is -0.0498. The Morgan fingerprint density at radius 1 is 1.10 bits per heavy atom. The van der Waals surface area contributed by atoms with Crippen LogP contribution >= 0.6 is 0 Å². The molecule has 2 amide bonds. The molecule has 11 heteroatoms. The van der Waals surface area contributed by atoms with Crippen molar-refractivity contribution in [2.24, 2.45) is 0 Å². The number of aryl methyl sites for hydroxylation is 2. The molecule has 0 unspecified atom stereocenters. The van der Waals surface area contributed by atoms with E-state index >= 15 is 0 Å². The maximum absolute atomic E-state index is 13.0. The second kappa shape index (κ2) is 7.17. The Morgan fingerprint density at radius 2 is 1.77 bits per heavy atom. The third-order valence-corrected chi connectivity index (χ3v) is 4.55. The van der Waals surface area contributed by atoms with E-state index in [9.17, 15) is 18.4 Å². The number of rotatable bonds is 5. The van der Waals surface area contributed by atoms with Crippen LogP contribution in [-0.2, 0) is 6.54 Å². The van der Waals surface area contributed by atoms with Gasteiger partial charge in [-0.1, -0.05) is 17.3 Å². The molecule has 2 aromatic heterocycles. The molecule has 0 saturated carbocycles. The zero-order valence-corrected chi connectivity index (χ0v) is 15.8. The average molecular weight is 415 g/mol. The van der Waals surface area contributed by atoms with Crippen LogP contribution in [0.25, 0.3) is 11.6 Å². The lowest BCUT2D eigenvalue weighted by Gasteiger charge is -2.14. The van der Waals surface area contributed by atoms with Crippen LogP contribution in [0.5, 0.6) is 5.75 Å². The van der Waals surface area contributed by atoms with Crippen LogP contribution in [0.2, 0.25) is 0 Å². The fourth-order valence-electron chi connectivity index (χ4n) is 3.22. The number of nitrogens with two attached hydrogens (primary N) is 1. The lowest BCUT2D eigenvalue weighted by atomic mass is 10.0. The molecular weight excluding hydrogens is 400 g/mol. The summed E-state index contributed by atoms with van der Waals surface area (Å²) in [7, 11) is 0. The number of anilines is 1. The molecule has 4 rings (SSSR count). The number of halogens is 2. The Balaban J connectivity index is 1.66. The van der Waals surface area contributed by atoms with Crippen LogP contribution < -0.4 is 10.5 Å². The van der Waals surface area contributed by atoms with Crippen LogP contribution in [0.1, 0.15) is 37.8 Å². The van der Waals surface area contributed by atoms with E-state index in [0.717, 1.165) is 4.90 Å². The second-order valence-corrected chi connectivity index (χ2v) is 6.58. The van der Waals surface area contributed by atoms with Crippen molar-refractivity contribution in [3.05, 3.63) is 52.5 Å². The molecule has 154 valence electrons. The normalized spacial score (nSPS) is 13.3. The third kappa shape index (κ3) is 3.23. The van der Waals surface area contributed by atoms with Crippen LogP contribution in [0.3, 0.4) is 0 Å². The maximum Gasteiger partial charge on any atom is 0.387 e. The van der Waals surface area contributed by atoms with Crippen molar-refractivity contribution >= 4 is 17.5 Å². The number of fused-ring (bicyclic) bond motifs is 1. The Bertz CT molecular complexity index is 1160. The summed E-state index contributed by atoms with van der Waals surface area (Å²) in [6.07, 6.45) is 0. The zero-order chi connectivity index (χ0) is 21.6. The highest BCUT2D eigenvalue weighted by molar-refractivity contribution is 6.24. The van der Waals surface area contributed by atoms with Gasteiger partial charge in [0, 0.05) is 0 Å². The van der Waals surface area contributed by atoms with E-state index in [4.69, 9.17) is 10.3 Å². The van der Waals surface area contributed by atoms with Crippen molar-refractivity contribution in [3.8, 4) is 17.3 Å². The molecule has 3 aromatic rings. The number of carbonyl (C=O) groups is 2. The molecule has 1 aliphatic heterocycles. The van der Waals surface area contributed by atoms with Crippen molar-refractivity contribution < 1.29 is 27.6 Å². The Labute approximate surface area is 168 Å². The smallest absolute Gasteiger partial charge is 0.387 e. The first kappa shape index (κ1) is 19.4. The van der Waals surface area contributed by atoms with Crippen molar-refractivity contribution in [1.82, 2.24) is 20.0 Å². The van der Waals surface area contributed by atoms with Crippen molar-refractivity contribution in [1.29, 1.82) is 0 Å². The Hall–Kier alpha value is -3.89. The quantitative estimate of drug-likeness (QED) is 0.631. The summed E-state index contributed by atoms with van der Waals surface area (Å²) < 4.78 is 34.0. The number of hydrogen-bond donors (Lipinski definition) is 1. The number of amides is 2. The predicted molar refractivity (Wildman–Crippen MR) is 98.7 cm³/mol. The molecule has 0 radical (unpaired) electrons. The van der Waals surface area contributed by atoms with Crippen LogP contribution in [0, 0.1) is 13.8 Å². The number of pyridine rings is 1. The van der Waals surface area contributed by atoms with Gasteiger partial charge in [-0.15, -0.1) is 0 Å². The van der Waals surface area contributed by atoms with E-state index in [1.54, 1.807) is 13.8 Å². The molecule has 0 bridgehead atoms. The molecule has 0 fully saturated rings. The van der Waals surface area contributed by atoms with Gasteiger partial charge in [-0.2, -0.15) is 13.8 Å². The zero-order valence-electron chi connectivity index (χ0n) is 15.8. The van der Waals surface area contributed by atoms with E-state index in [0.29, 0.717) is 17.1 Å². The summed E-state index contributed by atoms with van der Waals surface area (Å²) in [5.74, 6) is -0.756. The van der Waals surface area contributed by atoms with E-state index in [1.165, 1.54) is 24.3 Å². The number of nitrogens with zero attached hydrogens (tertiary/aromatic N) is 4. The minimum absolute atomic E-state index is 0.0241. The highest BCUT2D eigenvalue weighted by atomic mass is 19.3. The van der Waals surface area contributed by atoms with Gasteiger partial charge in [-0.05, 0) is 31.5 Å². The van der Waals surface area contributed by atoms with Gasteiger partial charge in [-0.3, -0.25) is 14.5 Å². The first-order chi connectivity index (χ1) is 14.3. The van der Waals surface area contributed by atoms with Gasteiger partial charge in [0.1, 0.15) is 5.75 Å². The van der Waals surface area contributed by atoms with E-state index < -0.39 is 18.4 Å².